The van der Waals surface area contributed by atoms with E-state index in [0.29, 0.717) is 11.8 Å². The minimum atomic E-state index is 0.566. The fourth-order valence-electron chi connectivity index (χ4n) is 2.32. The molecule has 0 radical (unpaired) electrons. The van der Waals surface area contributed by atoms with E-state index in [9.17, 15) is 0 Å². The molecule has 0 aromatic heterocycles. The van der Waals surface area contributed by atoms with Crippen LogP contribution >= 0.6 is 0 Å². The third-order valence-corrected chi connectivity index (χ3v) is 3.56. The van der Waals surface area contributed by atoms with Gasteiger partial charge in [-0.1, -0.05) is 42.8 Å². The summed E-state index contributed by atoms with van der Waals surface area (Å²) in [6, 6.07) is 9.91. The summed E-state index contributed by atoms with van der Waals surface area (Å²) < 4.78 is 0. The van der Waals surface area contributed by atoms with Crippen LogP contribution in [0.5, 0.6) is 0 Å². The predicted octanol–water partition coefficient (Wildman–Crippen LogP) is 3.51. The molecule has 19 heavy (non-hydrogen) atoms. The molecule has 0 saturated carbocycles. The molecule has 2 rings (SSSR count). The Balaban J connectivity index is 2.09. The minimum absolute atomic E-state index is 0.566. The van der Waals surface area contributed by atoms with E-state index < -0.39 is 0 Å². The SMILES string of the molecule is CC1=C(C(N)=N/N=C/c2ccccc2)CC(C)CC1. The Morgan fingerprint density at radius 3 is 2.79 bits per heavy atom. The Hall–Kier alpha value is -1.90. The van der Waals surface area contributed by atoms with Crippen LogP contribution < -0.4 is 5.73 Å². The number of allylic oxidation sites excluding steroid dienone is 1. The van der Waals surface area contributed by atoms with E-state index in [-0.39, 0.29) is 0 Å². The van der Waals surface area contributed by atoms with E-state index in [1.165, 1.54) is 17.6 Å². The van der Waals surface area contributed by atoms with Crippen LogP contribution in [0.1, 0.15) is 38.7 Å². The molecule has 1 aliphatic carbocycles. The molecule has 1 aromatic carbocycles. The highest BCUT2D eigenvalue weighted by Crippen LogP contribution is 2.28. The van der Waals surface area contributed by atoms with E-state index in [2.05, 4.69) is 24.1 Å². The summed E-state index contributed by atoms with van der Waals surface area (Å²) in [6.07, 6.45) is 5.11. The molecule has 1 atom stereocenters. The quantitative estimate of drug-likeness (QED) is 0.501. The maximum atomic E-state index is 6.04. The number of nitrogens with two attached hydrogens (primary N) is 1. The topological polar surface area (TPSA) is 50.7 Å². The first-order valence-corrected chi connectivity index (χ1v) is 6.77. The van der Waals surface area contributed by atoms with Crippen molar-refractivity contribution < 1.29 is 0 Å². The van der Waals surface area contributed by atoms with Gasteiger partial charge in [0.1, 0.15) is 5.84 Å². The summed E-state index contributed by atoms with van der Waals surface area (Å²) >= 11 is 0. The standard InChI is InChI=1S/C16H21N3/c1-12-8-9-13(2)15(10-12)16(17)19-18-11-14-6-4-3-5-7-14/h3-7,11-12H,8-10H2,1-2H3,(H2,17,19)/b18-11+. The molecule has 1 aliphatic rings. The van der Waals surface area contributed by atoms with Gasteiger partial charge in [0.2, 0.25) is 0 Å². The first kappa shape index (κ1) is 13.5. The van der Waals surface area contributed by atoms with Crippen LogP contribution in [0.25, 0.3) is 0 Å². The van der Waals surface area contributed by atoms with Crippen LogP contribution in [0.2, 0.25) is 0 Å². The van der Waals surface area contributed by atoms with Crippen LogP contribution in [0.3, 0.4) is 0 Å². The van der Waals surface area contributed by atoms with Crippen LogP contribution in [-0.2, 0) is 0 Å². The van der Waals surface area contributed by atoms with E-state index in [0.717, 1.165) is 18.4 Å². The van der Waals surface area contributed by atoms with Crippen LogP contribution in [0.4, 0.5) is 0 Å². The van der Waals surface area contributed by atoms with Gasteiger partial charge in [0.05, 0.1) is 6.21 Å². The van der Waals surface area contributed by atoms with Crippen molar-refractivity contribution in [1.29, 1.82) is 0 Å². The number of hydrogen-bond donors (Lipinski definition) is 1. The molecular formula is C16H21N3. The fraction of sp³-hybridized carbons (Fsp3) is 0.375. The lowest BCUT2D eigenvalue weighted by Crippen LogP contribution is -2.20. The van der Waals surface area contributed by atoms with Gasteiger partial charge in [-0.15, -0.1) is 5.10 Å². The highest BCUT2D eigenvalue weighted by Gasteiger charge is 2.17. The van der Waals surface area contributed by atoms with Gasteiger partial charge in [-0.2, -0.15) is 5.10 Å². The van der Waals surface area contributed by atoms with Gasteiger partial charge in [0.25, 0.3) is 0 Å². The molecule has 0 aliphatic heterocycles. The van der Waals surface area contributed by atoms with Gasteiger partial charge in [-0.3, -0.25) is 0 Å². The van der Waals surface area contributed by atoms with E-state index in [1.807, 2.05) is 30.3 Å². The highest BCUT2D eigenvalue weighted by molar-refractivity contribution is 5.98. The average molecular weight is 255 g/mol. The Bertz CT molecular complexity index is 512. The summed E-state index contributed by atoms with van der Waals surface area (Å²) in [5.41, 5.74) is 9.61. The van der Waals surface area contributed by atoms with Gasteiger partial charge in [0, 0.05) is 0 Å². The van der Waals surface area contributed by atoms with Crippen molar-refractivity contribution in [1.82, 2.24) is 0 Å². The number of hydrogen-bond acceptors (Lipinski definition) is 2. The third kappa shape index (κ3) is 3.78. The molecule has 0 saturated heterocycles. The number of rotatable bonds is 3. The second-order valence-electron chi connectivity index (χ2n) is 5.25. The fourth-order valence-corrected chi connectivity index (χ4v) is 2.32. The first-order chi connectivity index (χ1) is 9.16. The zero-order valence-corrected chi connectivity index (χ0v) is 11.6. The number of amidine groups is 1. The zero-order valence-electron chi connectivity index (χ0n) is 11.6. The Kier molecular flexibility index (Phi) is 4.50. The largest absolute Gasteiger partial charge is 0.382 e. The number of benzene rings is 1. The molecule has 0 heterocycles. The van der Waals surface area contributed by atoms with Gasteiger partial charge in [0.15, 0.2) is 0 Å². The maximum Gasteiger partial charge on any atom is 0.149 e. The van der Waals surface area contributed by atoms with Crippen molar-refractivity contribution in [2.75, 3.05) is 0 Å². The Morgan fingerprint density at radius 1 is 1.32 bits per heavy atom. The molecule has 0 fully saturated rings. The molecule has 1 aromatic rings. The van der Waals surface area contributed by atoms with E-state index >= 15 is 0 Å². The van der Waals surface area contributed by atoms with Gasteiger partial charge < -0.3 is 5.73 Å². The molecule has 100 valence electrons. The average Bonchev–Trinajstić information content (AvgIpc) is 2.42. The molecule has 0 spiro atoms. The second kappa shape index (κ2) is 6.32. The molecule has 1 unspecified atom stereocenters. The summed E-state index contributed by atoms with van der Waals surface area (Å²) in [5, 5.41) is 8.21. The molecule has 3 heteroatoms. The molecular weight excluding hydrogens is 234 g/mol. The van der Waals surface area contributed by atoms with Crippen molar-refractivity contribution in [3.63, 3.8) is 0 Å². The Morgan fingerprint density at radius 2 is 2.05 bits per heavy atom. The predicted molar refractivity (Wildman–Crippen MR) is 81.4 cm³/mol. The lowest BCUT2D eigenvalue weighted by Gasteiger charge is -2.22. The normalized spacial score (nSPS) is 21.2. The maximum absolute atomic E-state index is 6.04. The highest BCUT2D eigenvalue weighted by atomic mass is 15.2. The number of nitrogens with zero attached hydrogens (tertiary/aromatic N) is 2. The van der Waals surface area contributed by atoms with E-state index in [1.54, 1.807) is 6.21 Å². The molecule has 0 bridgehead atoms. The van der Waals surface area contributed by atoms with Gasteiger partial charge in [-0.05, 0) is 43.2 Å². The van der Waals surface area contributed by atoms with Crippen molar-refractivity contribution in [2.24, 2.45) is 21.9 Å². The van der Waals surface area contributed by atoms with Crippen LogP contribution in [0, 0.1) is 5.92 Å². The monoisotopic (exact) mass is 255 g/mol. The summed E-state index contributed by atoms with van der Waals surface area (Å²) in [5.74, 6) is 1.25. The van der Waals surface area contributed by atoms with E-state index in [4.69, 9.17) is 5.73 Å². The third-order valence-electron chi connectivity index (χ3n) is 3.56. The summed E-state index contributed by atoms with van der Waals surface area (Å²) in [7, 11) is 0. The molecule has 2 N–H and O–H groups in total. The lowest BCUT2D eigenvalue weighted by atomic mass is 9.85. The molecule has 0 amide bonds. The van der Waals surface area contributed by atoms with Gasteiger partial charge >= 0.3 is 0 Å². The lowest BCUT2D eigenvalue weighted by molar-refractivity contribution is 0.505. The van der Waals surface area contributed by atoms with Crippen LogP contribution in [-0.4, -0.2) is 12.1 Å². The smallest absolute Gasteiger partial charge is 0.149 e. The van der Waals surface area contributed by atoms with Crippen LogP contribution in [0.15, 0.2) is 51.7 Å². The van der Waals surface area contributed by atoms with Gasteiger partial charge in [-0.25, -0.2) is 0 Å². The Labute approximate surface area is 114 Å². The zero-order chi connectivity index (χ0) is 13.7. The van der Waals surface area contributed by atoms with Crippen molar-refractivity contribution >= 4 is 12.1 Å². The summed E-state index contributed by atoms with van der Waals surface area (Å²) in [6.45, 7) is 4.40. The molecule has 3 nitrogen and oxygen atoms in total. The van der Waals surface area contributed by atoms with Crippen molar-refractivity contribution in [3.8, 4) is 0 Å². The summed E-state index contributed by atoms with van der Waals surface area (Å²) in [4.78, 5) is 0. The van der Waals surface area contributed by atoms with Crippen molar-refractivity contribution in [3.05, 3.63) is 47.0 Å². The second-order valence-corrected chi connectivity index (χ2v) is 5.25. The van der Waals surface area contributed by atoms with Crippen molar-refractivity contribution in [2.45, 2.75) is 33.1 Å². The first-order valence-electron chi connectivity index (χ1n) is 6.77. The minimum Gasteiger partial charge on any atom is -0.382 e.